The van der Waals surface area contributed by atoms with E-state index in [1.165, 1.54) is 42.8 Å². The lowest BCUT2D eigenvalue weighted by Gasteiger charge is -2.35. The Morgan fingerprint density at radius 1 is 1.35 bits per heavy atom. The number of pyridine rings is 1. The van der Waals surface area contributed by atoms with Crippen LogP contribution in [-0.2, 0) is 12.8 Å². The number of hydrogen-bond acceptors (Lipinski definition) is 2. The lowest BCUT2D eigenvalue weighted by Crippen LogP contribution is -2.40. The fraction of sp³-hybridized carbons (Fsp3) is 0.643. The van der Waals surface area contributed by atoms with Crippen LogP contribution < -0.4 is 4.90 Å². The molecule has 0 saturated carbocycles. The molecule has 2 nitrogen and oxygen atoms in total. The van der Waals surface area contributed by atoms with Gasteiger partial charge in [-0.2, -0.15) is 0 Å². The zero-order valence-corrected chi connectivity index (χ0v) is 11.9. The average Bonchev–Trinajstić information content (AvgIpc) is 2.79. The number of nitrogens with zero attached hydrogens (tertiary/aromatic N) is 2. The van der Waals surface area contributed by atoms with Crippen LogP contribution >= 0.6 is 15.9 Å². The second-order valence-electron chi connectivity index (χ2n) is 5.36. The number of rotatable bonds is 1. The third-order valence-electron chi connectivity index (χ3n) is 4.04. The van der Waals surface area contributed by atoms with Gasteiger partial charge in [0.05, 0.1) is 0 Å². The van der Waals surface area contributed by atoms with Crippen molar-refractivity contribution in [3.63, 3.8) is 0 Å². The van der Waals surface area contributed by atoms with E-state index in [0.717, 1.165) is 13.1 Å². The number of fused-ring (bicyclic) bond motifs is 1. The molecule has 92 valence electrons. The quantitative estimate of drug-likeness (QED) is 0.740. The minimum absolute atomic E-state index is 0.674. The topological polar surface area (TPSA) is 16.1 Å². The van der Waals surface area contributed by atoms with E-state index in [1.807, 2.05) is 0 Å². The summed E-state index contributed by atoms with van der Waals surface area (Å²) in [7, 11) is 0. The Hall–Kier alpha value is -0.570. The molecule has 0 bridgehead atoms. The predicted molar refractivity (Wildman–Crippen MR) is 75.0 cm³/mol. The highest BCUT2D eigenvalue weighted by Gasteiger charge is 2.25. The van der Waals surface area contributed by atoms with Gasteiger partial charge in [-0.3, -0.25) is 0 Å². The van der Waals surface area contributed by atoms with Crippen LogP contribution in [0.4, 0.5) is 5.82 Å². The van der Waals surface area contributed by atoms with Gasteiger partial charge in [0.25, 0.3) is 0 Å². The van der Waals surface area contributed by atoms with Crippen molar-refractivity contribution in [3.05, 3.63) is 23.4 Å². The molecule has 0 aromatic carbocycles. The molecule has 0 radical (unpaired) electrons. The summed E-state index contributed by atoms with van der Waals surface area (Å²) in [5, 5.41) is 0. The van der Waals surface area contributed by atoms with Crippen LogP contribution in [-0.4, -0.2) is 22.9 Å². The van der Waals surface area contributed by atoms with E-state index in [4.69, 9.17) is 4.98 Å². The predicted octanol–water partition coefficient (Wildman–Crippen LogP) is 3.18. The fourth-order valence-electron chi connectivity index (χ4n) is 2.91. The lowest BCUT2D eigenvalue weighted by atomic mass is 10.00. The van der Waals surface area contributed by atoms with Gasteiger partial charge < -0.3 is 4.90 Å². The first-order chi connectivity index (χ1) is 8.24. The number of aryl methyl sites for hydroxylation is 2. The van der Waals surface area contributed by atoms with Crippen LogP contribution in [0.15, 0.2) is 12.1 Å². The number of aromatic nitrogens is 1. The van der Waals surface area contributed by atoms with Gasteiger partial charge in [-0.05, 0) is 43.2 Å². The Balaban J connectivity index is 1.80. The standard InChI is InChI=1S/C14H19BrN2/c1-10-9-17(8-7-12(10)15)14-6-5-11-3-2-4-13(11)16-14/h5-6,10,12H,2-4,7-9H2,1H3. The molecule has 2 heterocycles. The van der Waals surface area contributed by atoms with E-state index < -0.39 is 0 Å². The van der Waals surface area contributed by atoms with E-state index in [2.05, 4.69) is 39.9 Å². The van der Waals surface area contributed by atoms with Crippen LogP contribution in [0.3, 0.4) is 0 Å². The zero-order chi connectivity index (χ0) is 11.8. The number of piperidine rings is 1. The summed E-state index contributed by atoms with van der Waals surface area (Å²) in [5.41, 5.74) is 2.81. The molecule has 3 rings (SSSR count). The Kier molecular flexibility index (Phi) is 3.12. The van der Waals surface area contributed by atoms with Gasteiger partial charge in [-0.15, -0.1) is 0 Å². The molecule has 1 aliphatic heterocycles. The maximum atomic E-state index is 4.85. The van der Waals surface area contributed by atoms with Crippen molar-refractivity contribution in [2.75, 3.05) is 18.0 Å². The molecule has 0 amide bonds. The minimum atomic E-state index is 0.674. The SMILES string of the molecule is CC1CN(c2ccc3c(n2)CCC3)CCC1Br. The van der Waals surface area contributed by atoms with Crippen molar-refractivity contribution in [1.29, 1.82) is 0 Å². The number of alkyl halides is 1. The zero-order valence-electron chi connectivity index (χ0n) is 10.3. The third-order valence-corrected chi connectivity index (χ3v) is 5.40. The minimum Gasteiger partial charge on any atom is -0.356 e. The molecular weight excluding hydrogens is 276 g/mol. The molecule has 1 fully saturated rings. The molecule has 3 heteroatoms. The summed E-state index contributed by atoms with van der Waals surface area (Å²) in [6.07, 6.45) is 4.90. The smallest absolute Gasteiger partial charge is 0.128 e. The van der Waals surface area contributed by atoms with E-state index in [-0.39, 0.29) is 0 Å². The summed E-state index contributed by atoms with van der Waals surface area (Å²) in [5.74, 6) is 1.90. The van der Waals surface area contributed by atoms with Crippen molar-refractivity contribution in [2.45, 2.75) is 37.4 Å². The molecule has 2 unspecified atom stereocenters. The molecule has 0 spiro atoms. The fourth-order valence-corrected chi connectivity index (χ4v) is 3.28. The van der Waals surface area contributed by atoms with Crippen LogP contribution in [0.25, 0.3) is 0 Å². The van der Waals surface area contributed by atoms with Crippen LogP contribution in [0.1, 0.15) is 31.0 Å². The van der Waals surface area contributed by atoms with Gasteiger partial charge in [-0.1, -0.05) is 28.9 Å². The molecule has 1 aromatic heterocycles. The highest BCUT2D eigenvalue weighted by molar-refractivity contribution is 9.09. The largest absolute Gasteiger partial charge is 0.356 e. The van der Waals surface area contributed by atoms with Gasteiger partial charge in [0.15, 0.2) is 0 Å². The third kappa shape index (κ3) is 2.22. The molecular formula is C14H19BrN2. The maximum absolute atomic E-state index is 4.85. The number of anilines is 1. The van der Waals surface area contributed by atoms with Crippen LogP contribution in [0.5, 0.6) is 0 Å². The van der Waals surface area contributed by atoms with Crippen LogP contribution in [0.2, 0.25) is 0 Å². The van der Waals surface area contributed by atoms with Crippen molar-refractivity contribution >= 4 is 21.7 Å². The molecule has 0 N–H and O–H groups in total. The van der Waals surface area contributed by atoms with Gasteiger partial charge in [-0.25, -0.2) is 4.98 Å². The Labute approximate surface area is 112 Å². The molecule has 17 heavy (non-hydrogen) atoms. The van der Waals surface area contributed by atoms with Crippen molar-refractivity contribution < 1.29 is 0 Å². The first-order valence-corrected chi connectivity index (χ1v) is 7.53. The van der Waals surface area contributed by atoms with Crippen molar-refractivity contribution in [1.82, 2.24) is 4.98 Å². The van der Waals surface area contributed by atoms with E-state index in [9.17, 15) is 0 Å². The average molecular weight is 295 g/mol. The first kappa shape index (κ1) is 11.5. The van der Waals surface area contributed by atoms with Gasteiger partial charge in [0.1, 0.15) is 5.82 Å². The van der Waals surface area contributed by atoms with E-state index in [0.29, 0.717) is 10.7 Å². The highest BCUT2D eigenvalue weighted by Crippen LogP contribution is 2.28. The second kappa shape index (κ2) is 4.60. The normalized spacial score (nSPS) is 28.2. The number of halogens is 1. The van der Waals surface area contributed by atoms with Gasteiger partial charge in [0.2, 0.25) is 0 Å². The molecule has 2 aliphatic rings. The Morgan fingerprint density at radius 3 is 3.06 bits per heavy atom. The summed E-state index contributed by atoms with van der Waals surface area (Å²) in [6.45, 7) is 4.58. The van der Waals surface area contributed by atoms with Gasteiger partial charge in [0, 0.05) is 23.6 Å². The Morgan fingerprint density at radius 2 is 2.24 bits per heavy atom. The molecule has 1 aliphatic carbocycles. The maximum Gasteiger partial charge on any atom is 0.128 e. The highest BCUT2D eigenvalue weighted by atomic mass is 79.9. The van der Waals surface area contributed by atoms with E-state index >= 15 is 0 Å². The molecule has 1 saturated heterocycles. The lowest BCUT2D eigenvalue weighted by molar-refractivity contribution is 0.463. The second-order valence-corrected chi connectivity index (χ2v) is 6.53. The molecule has 1 aromatic rings. The van der Waals surface area contributed by atoms with Crippen molar-refractivity contribution in [2.24, 2.45) is 5.92 Å². The summed E-state index contributed by atoms with van der Waals surface area (Å²) >= 11 is 3.76. The summed E-state index contributed by atoms with van der Waals surface area (Å²) in [6, 6.07) is 4.50. The molecule has 2 atom stereocenters. The van der Waals surface area contributed by atoms with Crippen LogP contribution in [0, 0.1) is 5.92 Å². The van der Waals surface area contributed by atoms with Gasteiger partial charge >= 0.3 is 0 Å². The Bertz CT molecular complexity index is 419. The summed E-state index contributed by atoms with van der Waals surface area (Å²) in [4.78, 5) is 7.97. The van der Waals surface area contributed by atoms with E-state index in [1.54, 1.807) is 0 Å². The number of hydrogen-bond donors (Lipinski definition) is 0. The summed E-state index contributed by atoms with van der Waals surface area (Å²) < 4.78 is 0. The van der Waals surface area contributed by atoms with Crippen molar-refractivity contribution in [3.8, 4) is 0 Å². The monoisotopic (exact) mass is 294 g/mol. The first-order valence-electron chi connectivity index (χ1n) is 6.62.